The second-order valence-corrected chi connectivity index (χ2v) is 3.70. The average molecular weight is 242 g/mol. The number of methoxy groups -OCH3 is 1. The Balaban J connectivity index is 2.79. The first kappa shape index (κ1) is 12.9. The lowest BCUT2D eigenvalue weighted by Crippen LogP contribution is -2.33. The van der Waals surface area contributed by atoms with Gasteiger partial charge in [-0.1, -0.05) is 0 Å². The third-order valence-electron chi connectivity index (χ3n) is 1.86. The van der Waals surface area contributed by atoms with Crippen LogP contribution in [0.4, 0.5) is 5.69 Å². The molecule has 17 heavy (non-hydrogen) atoms. The number of aromatic nitrogens is 2. The summed E-state index contributed by atoms with van der Waals surface area (Å²) in [7, 11) is 1.29. The first-order valence-electron chi connectivity index (χ1n) is 4.99. The van der Waals surface area contributed by atoms with Crippen LogP contribution in [-0.4, -0.2) is 33.8 Å². The van der Waals surface area contributed by atoms with Crippen LogP contribution in [0.25, 0.3) is 0 Å². The van der Waals surface area contributed by atoms with E-state index in [2.05, 4.69) is 10.4 Å². The van der Waals surface area contributed by atoms with Crippen LogP contribution in [0.2, 0.25) is 0 Å². The number of rotatable bonds is 5. The molecule has 1 N–H and O–H groups in total. The Kier molecular flexibility index (Phi) is 4.02. The number of ether oxygens (including phenoxy) is 1. The number of nitro groups is 1. The maximum atomic E-state index is 11.4. The predicted octanol–water partition coefficient (Wildman–Crippen LogP) is 0.324. The highest BCUT2D eigenvalue weighted by Gasteiger charge is 2.21. The molecule has 0 saturated carbocycles. The van der Waals surface area contributed by atoms with Crippen molar-refractivity contribution < 1.29 is 14.5 Å². The summed E-state index contributed by atoms with van der Waals surface area (Å²) in [4.78, 5) is 21.4. The number of amides is 1. The van der Waals surface area contributed by atoms with Crippen molar-refractivity contribution in [3.05, 3.63) is 16.3 Å². The summed E-state index contributed by atoms with van der Waals surface area (Å²) in [5, 5.41) is 17.1. The van der Waals surface area contributed by atoms with Crippen molar-refractivity contribution in [1.29, 1.82) is 0 Å². The Morgan fingerprint density at radius 1 is 1.71 bits per heavy atom. The minimum atomic E-state index is -0.608. The summed E-state index contributed by atoms with van der Waals surface area (Å²) in [6.07, 6.45) is 1.17. The molecule has 0 aromatic carbocycles. The maximum Gasteiger partial charge on any atom is 0.350 e. The largest absolute Gasteiger partial charge is 0.475 e. The Morgan fingerprint density at radius 3 is 2.76 bits per heavy atom. The molecule has 0 unspecified atom stereocenters. The van der Waals surface area contributed by atoms with E-state index in [1.807, 2.05) is 13.8 Å². The number of carbonyl (C=O) groups excluding carboxylic acids is 1. The Hall–Kier alpha value is -2.12. The first-order valence-corrected chi connectivity index (χ1v) is 4.99. The van der Waals surface area contributed by atoms with Gasteiger partial charge in [0.2, 0.25) is 5.91 Å². The van der Waals surface area contributed by atoms with E-state index >= 15 is 0 Å². The van der Waals surface area contributed by atoms with Crippen LogP contribution in [0.1, 0.15) is 13.8 Å². The highest BCUT2D eigenvalue weighted by molar-refractivity contribution is 5.75. The van der Waals surface area contributed by atoms with Crippen molar-refractivity contribution in [2.75, 3.05) is 7.11 Å². The number of nitrogens with one attached hydrogen (secondary N) is 1. The van der Waals surface area contributed by atoms with Crippen LogP contribution in [-0.2, 0) is 11.3 Å². The van der Waals surface area contributed by atoms with E-state index in [1.165, 1.54) is 18.0 Å². The SMILES string of the molecule is COc1nn(CC(=O)NC(C)C)cc1[N+](=O)[O-]. The second-order valence-electron chi connectivity index (χ2n) is 3.70. The van der Waals surface area contributed by atoms with Gasteiger partial charge in [-0.05, 0) is 13.8 Å². The molecule has 1 aromatic heterocycles. The molecule has 1 heterocycles. The number of carbonyl (C=O) groups is 1. The Morgan fingerprint density at radius 2 is 2.35 bits per heavy atom. The van der Waals surface area contributed by atoms with Gasteiger partial charge in [0.05, 0.1) is 12.0 Å². The van der Waals surface area contributed by atoms with E-state index in [4.69, 9.17) is 4.74 Å². The molecule has 0 atom stereocenters. The fourth-order valence-corrected chi connectivity index (χ4v) is 1.26. The van der Waals surface area contributed by atoms with Crippen LogP contribution < -0.4 is 10.1 Å². The Labute approximate surface area is 97.7 Å². The van der Waals surface area contributed by atoms with Crippen molar-refractivity contribution in [3.63, 3.8) is 0 Å². The summed E-state index contributed by atoms with van der Waals surface area (Å²) >= 11 is 0. The van der Waals surface area contributed by atoms with Crippen molar-refractivity contribution in [3.8, 4) is 5.88 Å². The van der Waals surface area contributed by atoms with Crippen LogP contribution in [0.3, 0.4) is 0 Å². The van der Waals surface area contributed by atoms with E-state index in [9.17, 15) is 14.9 Å². The zero-order valence-electron chi connectivity index (χ0n) is 9.84. The highest BCUT2D eigenvalue weighted by atomic mass is 16.6. The van der Waals surface area contributed by atoms with E-state index in [0.29, 0.717) is 0 Å². The molecule has 1 rings (SSSR count). The van der Waals surface area contributed by atoms with E-state index in [1.54, 1.807) is 0 Å². The highest BCUT2D eigenvalue weighted by Crippen LogP contribution is 2.23. The van der Waals surface area contributed by atoms with Crippen molar-refractivity contribution in [1.82, 2.24) is 15.1 Å². The molecular weight excluding hydrogens is 228 g/mol. The zero-order valence-corrected chi connectivity index (χ0v) is 9.84. The van der Waals surface area contributed by atoms with Crippen LogP contribution in [0, 0.1) is 10.1 Å². The van der Waals surface area contributed by atoms with Gasteiger partial charge in [0, 0.05) is 6.04 Å². The molecule has 0 fully saturated rings. The minimum Gasteiger partial charge on any atom is -0.475 e. The van der Waals surface area contributed by atoms with Gasteiger partial charge < -0.3 is 10.1 Å². The van der Waals surface area contributed by atoms with Gasteiger partial charge in [0.1, 0.15) is 12.7 Å². The third kappa shape index (κ3) is 3.44. The molecule has 0 radical (unpaired) electrons. The van der Waals surface area contributed by atoms with Gasteiger partial charge in [-0.15, -0.1) is 5.10 Å². The molecule has 0 bridgehead atoms. The lowest BCUT2D eigenvalue weighted by molar-refractivity contribution is -0.385. The van der Waals surface area contributed by atoms with E-state index < -0.39 is 4.92 Å². The summed E-state index contributed by atoms with van der Waals surface area (Å²) in [5.74, 6) is -0.368. The predicted molar refractivity (Wildman–Crippen MR) is 58.7 cm³/mol. The van der Waals surface area contributed by atoms with E-state index in [-0.39, 0.29) is 30.1 Å². The number of hydrogen-bond donors (Lipinski definition) is 1. The van der Waals surface area contributed by atoms with E-state index in [0.717, 1.165) is 0 Å². The smallest absolute Gasteiger partial charge is 0.350 e. The van der Waals surface area contributed by atoms with Crippen molar-refractivity contribution in [2.45, 2.75) is 26.4 Å². The van der Waals surface area contributed by atoms with Crippen molar-refractivity contribution >= 4 is 11.6 Å². The van der Waals surface area contributed by atoms with Crippen molar-refractivity contribution in [2.24, 2.45) is 0 Å². The first-order chi connectivity index (χ1) is 7.93. The van der Waals surface area contributed by atoms with Gasteiger partial charge in [0.25, 0.3) is 0 Å². The van der Waals surface area contributed by atoms with Gasteiger partial charge >= 0.3 is 11.6 Å². The summed E-state index contributed by atoms with van der Waals surface area (Å²) in [6.45, 7) is 3.57. The molecule has 1 aromatic rings. The summed E-state index contributed by atoms with van der Waals surface area (Å²) < 4.78 is 5.92. The van der Waals surface area contributed by atoms with Gasteiger partial charge in [-0.2, -0.15) is 0 Å². The summed E-state index contributed by atoms with van der Waals surface area (Å²) in [6, 6.07) is 0.00921. The van der Waals surface area contributed by atoms with Crippen LogP contribution in [0.15, 0.2) is 6.20 Å². The molecule has 0 spiro atoms. The fourth-order valence-electron chi connectivity index (χ4n) is 1.26. The minimum absolute atomic E-state index is 0.00921. The molecule has 94 valence electrons. The molecule has 0 aliphatic heterocycles. The quantitative estimate of drug-likeness (QED) is 0.592. The number of nitrogens with zero attached hydrogens (tertiary/aromatic N) is 3. The average Bonchev–Trinajstić information content (AvgIpc) is 2.59. The summed E-state index contributed by atoms with van der Waals surface area (Å²) in [5.41, 5.74) is -0.259. The Bertz CT molecular complexity index is 427. The molecule has 0 aliphatic rings. The molecular formula is C9H14N4O4. The normalized spacial score (nSPS) is 10.4. The van der Waals surface area contributed by atoms with Gasteiger partial charge in [0.15, 0.2) is 0 Å². The topological polar surface area (TPSA) is 99.3 Å². The van der Waals surface area contributed by atoms with Gasteiger partial charge in [-0.25, -0.2) is 0 Å². The van der Waals surface area contributed by atoms with Crippen LogP contribution >= 0.6 is 0 Å². The second kappa shape index (κ2) is 5.28. The molecule has 1 amide bonds. The number of hydrogen-bond acceptors (Lipinski definition) is 5. The lowest BCUT2D eigenvalue weighted by Gasteiger charge is -2.07. The molecule has 8 nitrogen and oxygen atoms in total. The molecule has 0 aliphatic carbocycles. The third-order valence-corrected chi connectivity index (χ3v) is 1.86. The fraction of sp³-hybridized carbons (Fsp3) is 0.556. The molecule has 0 saturated heterocycles. The monoisotopic (exact) mass is 242 g/mol. The molecule has 8 heteroatoms. The maximum absolute atomic E-state index is 11.4. The van der Waals surface area contributed by atoms with Crippen LogP contribution in [0.5, 0.6) is 5.88 Å². The standard InChI is InChI=1S/C9H14N4O4/c1-6(2)10-8(14)5-12-4-7(13(15)16)9(11-12)17-3/h4,6H,5H2,1-3H3,(H,10,14). The zero-order chi connectivity index (χ0) is 13.0. The lowest BCUT2D eigenvalue weighted by atomic mass is 10.4. The van der Waals surface area contributed by atoms with Gasteiger partial charge in [-0.3, -0.25) is 19.6 Å².